The molecule has 0 saturated heterocycles. The maximum Gasteiger partial charge on any atom is 0.139 e. The van der Waals surface area contributed by atoms with Crippen molar-refractivity contribution in [3.05, 3.63) is 82.9 Å². The van der Waals surface area contributed by atoms with Gasteiger partial charge in [0.05, 0.1) is 0 Å². The molecule has 0 N–H and O–H groups in total. The molecule has 28 heavy (non-hydrogen) atoms. The number of benzene rings is 3. The minimum atomic E-state index is -0.0962. The molecule has 2 aliphatic carbocycles. The largest absolute Gasteiger partial charge is 0.456 e. The van der Waals surface area contributed by atoms with Crippen molar-refractivity contribution in [2.24, 2.45) is 0 Å². The van der Waals surface area contributed by atoms with Gasteiger partial charge >= 0.3 is 0 Å². The SMILES string of the molecule is CC1(C)c2cc3c(cc2-c2oc4ccccc4c21)Cc1c-3oc2ccccc12. The Labute approximate surface area is 162 Å². The van der Waals surface area contributed by atoms with Crippen LogP contribution in [0.1, 0.15) is 36.1 Å². The minimum absolute atomic E-state index is 0.0962. The Bertz CT molecular complexity index is 1460. The maximum atomic E-state index is 6.34. The Morgan fingerprint density at radius 1 is 0.750 bits per heavy atom. The topological polar surface area (TPSA) is 26.3 Å². The average Bonchev–Trinajstić information content (AvgIpc) is 3.39. The molecule has 2 nitrogen and oxygen atoms in total. The molecule has 5 aromatic rings. The number of para-hydroxylation sites is 2. The zero-order valence-corrected chi connectivity index (χ0v) is 15.8. The van der Waals surface area contributed by atoms with Gasteiger partial charge < -0.3 is 8.83 Å². The van der Waals surface area contributed by atoms with Crippen molar-refractivity contribution >= 4 is 21.9 Å². The second kappa shape index (κ2) is 4.59. The van der Waals surface area contributed by atoms with E-state index in [0.29, 0.717) is 0 Å². The second-order valence-corrected chi connectivity index (χ2v) is 8.56. The first-order valence-electron chi connectivity index (χ1n) is 9.83. The van der Waals surface area contributed by atoms with Gasteiger partial charge in [-0.1, -0.05) is 50.2 Å². The highest BCUT2D eigenvalue weighted by atomic mass is 16.3. The second-order valence-electron chi connectivity index (χ2n) is 8.56. The summed E-state index contributed by atoms with van der Waals surface area (Å²) in [6.07, 6.45) is 0.922. The van der Waals surface area contributed by atoms with E-state index < -0.39 is 0 Å². The van der Waals surface area contributed by atoms with Crippen LogP contribution in [-0.4, -0.2) is 0 Å². The van der Waals surface area contributed by atoms with Crippen LogP contribution < -0.4 is 0 Å². The number of hydrogen-bond donors (Lipinski definition) is 0. The minimum Gasteiger partial charge on any atom is -0.456 e. The molecule has 0 fully saturated rings. The van der Waals surface area contributed by atoms with Gasteiger partial charge in [0.1, 0.15) is 22.7 Å². The molecule has 7 rings (SSSR count). The molecular weight excluding hydrogens is 344 g/mol. The lowest BCUT2D eigenvalue weighted by Gasteiger charge is -2.21. The number of furan rings is 2. The summed E-state index contributed by atoms with van der Waals surface area (Å²) in [7, 11) is 0. The third kappa shape index (κ3) is 1.57. The van der Waals surface area contributed by atoms with E-state index in [1.165, 1.54) is 44.2 Å². The van der Waals surface area contributed by atoms with Crippen molar-refractivity contribution in [3.63, 3.8) is 0 Å². The zero-order valence-electron chi connectivity index (χ0n) is 15.8. The summed E-state index contributed by atoms with van der Waals surface area (Å²) < 4.78 is 12.6. The van der Waals surface area contributed by atoms with Crippen LogP contribution in [0.5, 0.6) is 0 Å². The van der Waals surface area contributed by atoms with E-state index in [1.807, 2.05) is 12.1 Å². The highest BCUT2D eigenvalue weighted by Crippen LogP contribution is 2.55. The summed E-state index contributed by atoms with van der Waals surface area (Å²) in [5, 5.41) is 2.46. The molecule has 0 bridgehead atoms. The molecule has 0 aliphatic heterocycles. The molecule has 0 atom stereocenters. The van der Waals surface area contributed by atoms with Gasteiger partial charge in [-0.3, -0.25) is 0 Å². The predicted octanol–water partition coefficient (Wildman–Crippen LogP) is 7.06. The Morgan fingerprint density at radius 2 is 1.43 bits per heavy atom. The van der Waals surface area contributed by atoms with Crippen LogP contribution in [0.25, 0.3) is 44.6 Å². The highest BCUT2D eigenvalue weighted by molar-refractivity contribution is 5.97. The lowest BCUT2D eigenvalue weighted by molar-refractivity contribution is 0.619. The molecule has 0 spiro atoms. The fourth-order valence-electron chi connectivity index (χ4n) is 5.38. The number of rotatable bonds is 0. The average molecular weight is 362 g/mol. The highest BCUT2D eigenvalue weighted by Gasteiger charge is 2.42. The van der Waals surface area contributed by atoms with E-state index in [0.717, 1.165) is 29.1 Å². The van der Waals surface area contributed by atoms with E-state index in [-0.39, 0.29) is 5.41 Å². The molecule has 134 valence electrons. The van der Waals surface area contributed by atoms with Crippen molar-refractivity contribution in [2.45, 2.75) is 25.7 Å². The van der Waals surface area contributed by atoms with Crippen LogP contribution in [0.2, 0.25) is 0 Å². The van der Waals surface area contributed by atoms with Crippen LogP contribution in [0.3, 0.4) is 0 Å². The van der Waals surface area contributed by atoms with Crippen LogP contribution in [0.15, 0.2) is 69.5 Å². The summed E-state index contributed by atoms with van der Waals surface area (Å²) >= 11 is 0. The molecule has 0 amide bonds. The van der Waals surface area contributed by atoms with E-state index >= 15 is 0 Å². The van der Waals surface area contributed by atoms with Gasteiger partial charge in [-0.15, -0.1) is 0 Å². The van der Waals surface area contributed by atoms with Crippen molar-refractivity contribution in [2.75, 3.05) is 0 Å². The zero-order chi connectivity index (χ0) is 18.6. The maximum absolute atomic E-state index is 6.34. The summed E-state index contributed by atoms with van der Waals surface area (Å²) in [6, 6.07) is 21.4. The molecule has 2 aliphatic rings. The lowest BCUT2D eigenvalue weighted by atomic mass is 9.80. The van der Waals surface area contributed by atoms with Crippen molar-refractivity contribution in [3.8, 4) is 22.6 Å². The number of fused-ring (bicyclic) bond motifs is 10. The summed E-state index contributed by atoms with van der Waals surface area (Å²) in [5.41, 5.74) is 9.64. The van der Waals surface area contributed by atoms with E-state index in [1.54, 1.807) is 0 Å². The van der Waals surface area contributed by atoms with Gasteiger partial charge in [0.25, 0.3) is 0 Å². The summed E-state index contributed by atoms with van der Waals surface area (Å²) in [6.45, 7) is 4.61. The molecule has 3 aromatic carbocycles. The Balaban J connectivity index is 1.52. The van der Waals surface area contributed by atoms with Crippen LogP contribution in [0, 0.1) is 0 Å². The van der Waals surface area contributed by atoms with Crippen LogP contribution >= 0.6 is 0 Å². The molecule has 2 heteroatoms. The van der Waals surface area contributed by atoms with Crippen LogP contribution in [0.4, 0.5) is 0 Å². The molecular formula is C26H18O2. The normalized spacial score (nSPS) is 15.6. The first-order valence-corrected chi connectivity index (χ1v) is 9.83. The van der Waals surface area contributed by atoms with Gasteiger partial charge in [0.15, 0.2) is 0 Å². The van der Waals surface area contributed by atoms with Crippen LogP contribution in [-0.2, 0) is 11.8 Å². The predicted molar refractivity (Wildman–Crippen MR) is 112 cm³/mol. The third-order valence-corrected chi connectivity index (χ3v) is 6.69. The molecule has 0 radical (unpaired) electrons. The standard InChI is InChI=1S/C26H18O2/c1-26(2)20-13-17-14(11-18-15-7-3-5-9-21(15)27-24(17)18)12-19(20)25-23(26)16-8-4-6-10-22(16)28-25/h3-10,12-13H,11H2,1-2H3. The van der Waals surface area contributed by atoms with Gasteiger partial charge in [-0.2, -0.15) is 0 Å². The molecule has 0 saturated carbocycles. The quantitative estimate of drug-likeness (QED) is 0.289. The Kier molecular flexibility index (Phi) is 2.42. The first-order chi connectivity index (χ1) is 13.6. The van der Waals surface area contributed by atoms with E-state index in [4.69, 9.17) is 8.83 Å². The first kappa shape index (κ1) is 14.8. The smallest absolute Gasteiger partial charge is 0.139 e. The van der Waals surface area contributed by atoms with E-state index in [9.17, 15) is 0 Å². The molecule has 2 heterocycles. The monoisotopic (exact) mass is 362 g/mol. The Hall–Kier alpha value is -3.26. The van der Waals surface area contributed by atoms with Gasteiger partial charge in [0.2, 0.25) is 0 Å². The fourth-order valence-corrected chi connectivity index (χ4v) is 5.38. The van der Waals surface area contributed by atoms with Crippen molar-refractivity contribution < 1.29 is 8.83 Å². The third-order valence-electron chi connectivity index (χ3n) is 6.69. The van der Waals surface area contributed by atoms with Gasteiger partial charge in [-0.25, -0.2) is 0 Å². The number of hydrogen-bond acceptors (Lipinski definition) is 2. The van der Waals surface area contributed by atoms with Gasteiger partial charge in [-0.05, 0) is 35.4 Å². The summed E-state index contributed by atoms with van der Waals surface area (Å²) in [4.78, 5) is 0. The summed E-state index contributed by atoms with van der Waals surface area (Å²) in [5.74, 6) is 2.08. The molecule has 2 aromatic heterocycles. The van der Waals surface area contributed by atoms with Crippen molar-refractivity contribution in [1.29, 1.82) is 0 Å². The molecule has 0 unspecified atom stereocenters. The van der Waals surface area contributed by atoms with Crippen molar-refractivity contribution in [1.82, 2.24) is 0 Å². The fraction of sp³-hybridized carbons (Fsp3) is 0.154. The van der Waals surface area contributed by atoms with Gasteiger partial charge in [0, 0.05) is 44.9 Å². The lowest BCUT2D eigenvalue weighted by Crippen LogP contribution is -2.15. The Morgan fingerprint density at radius 3 is 2.25 bits per heavy atom. The van der Waals surface area contributed by atoms with E-state index in [2.05, 4.69) is 62.4 Å².